The molecule has 0 atom stereocenters. The van der Waals surface area contributed by atoms with Crippen LogP contribution in [0.4, 0.5) is 11.4 Å². The zero-order valence-corrected chi connectivity index (χ0v) is 11.1. The molecule has 6 heteroatoms. The molecule has 0 fully saturated rings. The standard InChI is InChI=1S/C14H15N3O3/c1-10(18)16-11-2-4-12(5-3-11)17-14(19)7-6-13-8-20-9-15-13/h2-5,8-9H,6-7H2,1H3,(H,16,18)(H,17,19). The Morgan fingerprint density at radius 2 is 1.80 bits per heavy atom. The number of hydrogen-bond acceptors (Lipinski definition) is 4. The van der Waals surface area contributed by atoms with Crippen LogP contribution in [0.5, 0.6) is 0 Å². The van der Waals surface area contributed by atoms with Gasteiger partial charge in [-0.1, -0.05) is 0 Å². The van der Waals surface area contributed by atoms with Crippen LogP contribution in [0.2, 0.25) is 0 Å². The molecule has 2 amide bonds. The molecule has 1 aromatic carbocycles. The van der Waals surface area contributed by atoms with E-state index in [-0.39, 0.29) is 11.8 Å². The van der Waals surface area contributed by atoms with Gasteiger partial charge in [0.05, 0.1) is 5.69 Å². The van der Waals surface area contributed by atoms with Gasteiger partial charge in [-0.3, -0.25) is 9.59 Å². The molecule has 0 aliphatic rings. The first kappa shape index (κ1) is 13.8. The molecule has 0 aliphatic heterocycles. The Hall–Kier alpha value is -2.63. The molecule has 2 N–H and O–H groups in total. The van der Waals surface area contributed by atoms with E-state index in [0.717, 1.165) is 5.69 Å². The van der Waals surface area contributed by atoms with Crippen molar-refractivity contribution in [3.05, 3.63) is 42.6 Å². The van der Waals surface area contributed by atoms with Crippen molar-refractivity contribution in [3.63, 3.8) is 0 Å². The van der Waals surface area contributed by atoms with E-state index in [9.17, 15) is 9.59 Å². The molecule has 6 nitrogen and oxygen atoms in total. The topological polar surface area (TPSA) is 84.2 Å². The first-order chi connectivity index (χ1) is 9.63. The van der Waals surface area contributed by atoms with E-state index in [1.165, 1.54) is 19.6 Å². The summed E-state index contributed by atoms with van der Waals surface area (Å²) in [4.78, 5) is 26.6. The van der Waals surface area contributed by atoms with Gasteiger partial charge in [-0.25, -0.2) is 4.98 Å². The van der Waals surface area contributed by atoms with Crippen LogP contribution in [-0.4, -0.2) is 16.8 Å². The Labute approximate surface area is 116 Å². The van der Waals surface area contributed by atoms with Crippen molar-refractivity contribution < 1.29 is 14.0 Å². The summed E-state index contributed by atoms with van der Waals surface area (Å²) in [6.07, 6.45) is 3.73. The Balaban J connectivity index is 1.83. The second-order valence-corrected chi connectivity index (χ2v) is 4.29. The lowest BCUT2D eigenvalue weighted by Crippen LogP contribution is -2.12. The summed E-state index contributed by atoms with van der Waals surface area (Å²) >= 11 is 0. The molecule has 2 aromatic rings. The monoisotopic (exact) mass is 273 g/mol. The Kier molecular flexibility index (Phi) is 4.49. The van der Waals surface area contributed by atoms with Crippen molar-refractivity contribution in [1.82, 2.24) is 4.98 Å². The number of hydrogen-bond donors (Lipinski definition) is 2. The van der Waals surface area contributed by atoms with Crippen LogP contribution < -0.4 is 10.6 Å². The molecule has 0 spiro atoms. The third kappa shape index (κ3) is 4.24. The minimum absolute atomic E-state index is 0.0970. The van der Waals surface area contributed by atoms with Crippen LogP contribution in [0.15, 0.2) is 41.3 Å². The molecule has 20 heavy (non-hydrogen) atoms. The van der Waals surface area contributed by atoms with E-state index in [1.807, 2.05) is 0 Å². The fourth-order valence-electron chi connectivity index (χ4n) is 1.67. The Morgan fingerprint density at radius 3 is 2.35 bits per heavy atom. The lowest BCUT2D eigenvalue weighted by molar-refractivity contribution is -0.116. The van der Waals surface area contributed by atoms with Crippen LogP contribution in [0.1, 0.15) is 19.0 Å². The fourth-order valence-corrected chi connectivity index (χ4v) is 1.67. The number of rotatable bonds is 5. The van der Waals surface area contributed by atoms with Gasteiger partial charge < -0.3 is 15.1 Å². The molecule has 1 heterocycles. The minimum atomic E-state index is -0.130. The smallest absolute Gasteiger partial charge is 0.224 e. The number of carbonyl (C=O) groups is 2. The average Bonchev–Trinajstić information content (AvgIpc) is 2.91. The summed E-state index contributed by atoms with van der Waals surface area (Å²) in [5.41, 5.74) is 2.13. The summed E-state index contributed by atoms with van der Waals surface area (Å²) in [5.74, 6) is -0.227. The number of aryl methyl sites for hydroxylation is 1. The minimum Gasteiger partial charge on any atom is -0.451 e. The average molecular weight is 273 g/mol. The van der Waals surface area contributed by atoms with Gasteiger partial charge in [0, 0.05) is 31.1 Å². The van der Waals surface area contributed by atoms with Gasteiger partial charge in [-0.2, -0.15) is 0 Å². The molecular formula is C14H15N3O3. The largest absolute Gasteiger partial charge is 0.451 e. The van der Waals surface area contributed by atoms with Crippen molar-refractivity contribution in [1.29, 1.82) is 0 Å². The maximum Gasteiger partial charge on any atom is 0.224 e. The van der Waals surface area contributed by atoms with Gasteiger partial charge in [-0.15, -0.1) is 0 Å². The normalized spacial score (nSPS) is 10.1. The number of benzene rings is 1. The molecule has 104 valence electrons. The molecular weight excluding hydrogens is 258 g/mol. The maximum atomic E-state index is 11.7. The number of amides is 2. The summed E-state index contributed by atoms with van der Waals surface area (Å²) in [6, 6.07) is 6.93. The van der Waals surface area contributed by atoms with Gasteiger partial charge in [0.15, 0.2) is 6.39 Å². The molecule has 1 aromatic heterocycles. The van der Waals surface area contributed by atoms with E-state index in [2.05, 4.69) is 15.6 Å². The summed E-state index contributed by atoms with van der Waals surface area (Å²) in [6.45, 7) is 1.44. The number of carbonyl (C=O) groups excluding carboxylic acids is 2. The van der Waals surface area contributed by atoms with E-state index in [0.29, 0.717) is 24.2 Å². The van der Waals surface area contributed by atoms with Crippen molar-refractivity contribution in [2.45, 2.75) is 19.8 Å². The molecule has 0 saturated heterocycles. The highest BCUT2D eigenvalue weighted by molar-refractivity contribution is 5.92. The summed E-state index contributed by atoms with van der Waals surface area (Å²) < 4.78 is 4.83. The van der Waals surface area contributed by atoms with E-state index in [4.69, 9.17) is 4.42 Å². The van der Waals surface area contributed by atoms with Crippen LogP contribution >= 0.6 is 0 Å². The first-order valence-corrected chi connectivity index (χ1v) is 6.18. The highest BCUT2D eigenvalue weighted by Crippen LogP contribution is 2.14. The fraction of sp³-hybridized carbons (Fsp3) is 0.214. The molecule has 0 radical (unpaired) electrons. The molecule has 2 rings (SSSR count). The van der Waals surface area contributed by atoms with E-state index in [1.54, 1.807) is 24.3 Å². The van der Waals surface area contributed by atoms with Gasteiger partial charge >= 0.3 is 0 Å². The van der Waals surface area contributed by atoms with Gasteiger partial charge in [0.25, 0.3) is 0 Å². The summed E-state index contributed by atoms with van der Waals surface area (Å²) in [5, 5.41) is 5.43. The van der Waals surface area contributed by atoms with Gasteiger partial charge in [0.2, 0.25) is 11.8 Å². The number of anilines is 2. The highest BCUT2D eigenvalue weighted by Gasteiger charge is 2.05. The van der Waals surface area contributed by atoms with Gasteiger partial charge in [-0.05, 0) is 24.3 Å². The number of nitrogens with zero attached hydrogens (tertiary/aromatic N) is 1. The van der Waals surface area contributed by atoms with Crippen LogP contribution in [0.3, 0.4) is 0 Å². The predicted molar refractivity (Wildman–Crippen MR) is 74.2 cm³/mol. The zero-order valence-electron chi connectivity index (χ0n) is 11.1. The predicted octanol–water partition coefficient (Wildman–Crippen LogP) is 2.20. The summed E-state index contributed by atoms with van der Waals surface area (Å²) in [7, 11) is 0. The zero-order chi connectivity index (χ0) is 14.4. The lowest BCUT2D eigenvalue weighted by atomic mass is 10.2. The quantitative estimate of drug-likeness (QED) is 0.874. The van der Waals surface area contributed by atoms with Gasteiger partial charge in [0.1, 0.15) is 6.26 Å². The van der Waals surface area contributed by atoms with Crippen LogP contribution in [0, 0.1) is 0 Å². The Morgan fingerprint density at radius 1 is 1.15 bits per heavy atom. The van der Waals surface area contributed by atoms with Crippen molar-refractivity contribution in [2.24, 2.45) is 0 Å². The number of oxazole rings is 1. The first-order valence-electron chi connectivity index (χ1n) is 6.18. The highest BCUT2D eigenvalue weighted by atomic mass is 16.3. The molecule has 0 saturated carbocycles. The SMILES string of the molecule is CC(=O)Nc1ccc(NC(=O)CCc2cocn2)cc1. The van der Waals surface area contributed by atoms with Crippen LogP contribution in [0.25, 0.3) is 0 Å². The second-order valence-electron chi connectivity index (χ2n) is 4.29. The van der Waals surface area contributed by atoms with Crippen LogP contribution in [-0.2, 0) is 16.0 Å². The van der Waals surface area contributed by atoms with Crippen molar-refractivity contribution in [3.8, 4) is 0 Å². The van der Waals surface area contributed by atoms with E-state index >= 15 is 0 Å². The van der Waals surface area contributed by atoms with Crippen molar-refractivity contribution >= 4 is 23.2 Å². The number of aromatic nitrogens is 1. The molecule has 0 aliphatic carbocycles. The van der Waals surface area contributed by atoms with E-state index < -0.39 is 0 Å². The molecule has 0 unspecified atom stereocenters. The maximum absolute atomic E-state index is 11.7. The Bertz CT molecular complexity index is 576. The third-order valence-electron chi connectivity index (χ3n) is 2.58. The third-order valence-corrected chi connectivity index (χ3v) is 2.58. The second kappa shape index (κ2) is 6.51. The molecule has 0 bridgehead atoms. The number of nitrogens with one attached hydrogen (secondary N) is 2. The van der Waals surface area contributed by atoms with Crippen molar-refractivity contribution in [2.75, 3.05) is 10.6 Å². The lowest BCUT2D eigenvalue weighted by Gasteiger charge is -2.06.